The van der Waals surface area contributed by atoms with Crippen LogP contribution in [0, 0.1) is 5.82 Å². The summed E-state index contributed by atoms with van der Waals surface area (Å²) in [6, 6.07) is 14.7. The number of carbonyl (C=O) groups is 1. The minimum Gasteiger partial charge on any atom is -0.381 e. The minimum atomic E-state index is -0.282. The Morgan fingerprint density at radius 2 is 1.96 bits per heavy atom. The first-order valence-corrected chi connectivity index (χ1v) is 9.32. The molecule has 0 spiro atoms. The molecule has 2 aromatic carbocycles. The monoisotopic (exact) mass is 366 g/mol. The molecule has 140 valence electrons. The average molecular weight is 366 g/mol. The van der Waals surface area contributed by atoms with Gasteiger partial charge in [-0.2, -0.15) is 0 Å². The molecular weight excluding hydrogens is 343 g/mol. The average Bonchev–Trinajstić information content (AvgIpc) is 3.10. The fraction of sp³-hybridized carbons (Fsp3) is 0.318. The van der Waals surface area contributed by atoms with E-state index < -0.39 is 0 Å². The standard InChI is InChI=1S/C22H23FN2O2/c23-18-5-3-4-17(13-18)22(8-10-27-11-9-22)15-25-21(26)12-16-14-24-20-7-2-1-6-19(16)20/h1-7,13-14,24H,8-12,15H2,(H,25,26). The number of fused-ring (bicyclic) bond motifs is 1. The molecule has 1 saturated heterocycles. The highest BCUT2D eigenvalue weighted by atomic mass is 19.1. The van der Waals surface area contributed by atoms with Crippen molar-refractivity contribution in [1.82, 2.24) is 10.3 Å². The number of aromatic amines is 1. The molecule has 5 heteroatoms. The van der Waals surface area contributed by atoms with Gasteiger partial charge in [0, 0.05) is 42.3 Å². The number of hydrogen-bond donors (Lipinski definition) is 2. The number of carbonyl (C=O) groups excluding carboxylic acids is 1. The molecule has 0 radical (unpaired) electrons. The molecule has 3 aromatic rings. The van der Waals surface area contributed by atoms with E-state index in [2.05, 4.69) is 10.3 Å². The van der Waals surface area contributed by atoms with Crippen molar-refractivity contribution >= 4 is 16.8 Å². The molecule has 2 N–H and O–H groups in total. The Balaban J connectivity index is 1.48. The molecule has 2 heterocycles. The van der Waals surface area contributed by atoms with Crippen molar-refractivity contribution in [2.24, 2.45) is 0 Å². The molecule has 27 heavy (non-hydrogen) atoms. The van der Waals surface area contributed by atoms with Crippen molar-refractivity contribution in [3.8, 4) is 0 Å². The molecule has 4 nitrogen and oxygen atoms in total. The van der Waals surface area contributed by atoms with E-state index in [0.717, 1.165) is 34.9 Å². The topological polar surface area (TPSA) is 54.1 Å². The van der Waals surface area contributed by atoms with Gasteiger partial charge in [0.2, 0.25) is 5.91 Å². The van der Waals surface area contributed by atoms with Crippen LogP contribution in [-0.4, -0.2) is 30.6 Å². The Morgan fingerprint density at radius 3 is 2.78 bits per heavy atom. The highest BCUT2D eigenvalue weighted by Gasteiger charge is 2.35. The molecule has 4 rings (SSSR count). The van der Waals surface area contributed by atoms with Crippen molar-refractivity contribution in [3.05, 3.63) is 71.7 Å². The van der Waals surface area contributed by atoms with E-state index in [9.17, 15) is 9.18 Å². The van der Waals surface area contributed by atoms with E-state index in [0.29, 0.717) is 26.2 Å². The Labute approximate surface area is 157 Å². The smallest absolute Gasteiger partial charge is 0.224 e. The van der Waals surface area contributed by atoms with Crippen LogP contribution < -0.4 is 5.32 Å². The van der Waals surface area contributed by atoms with Crippen LogP contribution in [0.5, 0.6) is 0 Å². The van der Waals surface area contributed by atoms with Gasteiger partial charge in [-0.05, 0) is 42.2 Å². The third-order valence-corrected chi connectivity index (χ3v) is 5.54. The van der Waals surface area contributed by atoms with Crippen LogP contribution in [0.4, 0.5) is 4.39 Å². The number of benzene rings is 2. The van der Waals surface area contributed by atoms with Gasteiger partial charge in [0.05, 0.1) is 6.42 Å². The Kier molecular flexibility index (Phi) is 4.94. The van der Waals surface area contributed by atoms with Gasteiger partial charge in [-0.25, -0.2) is 4.39 Å². The summed E-state index contributed by atoms with van der Waals surface area (Å²) in [6.45, 7) is 1.73. The van der Waals surface area contributed by atoms with Crippen LogP contribution in [0.25, 0.3) is 10.9 Å². The number of para-hydroxylation sites is 1. The quantitative estimate of drug-likeness (QED) is 0.723. The summed E-state index contributed by atoms with van der Waals surface area (Å²) in [5.74, 6) is -0.273. The van der Waals surface area contributed by atoms with Crippen molar-refractivity contribution < 1.29 is 13.9 Å². The number of ether oxygens (including phenoxy) is 1. The Bertz CT molecular complexity index is 944. The van der Waals surface area contributed by atoms with Gasteiger partial charge in [-0.1, -0.05) is 30.3 Å². The first-order valence-electron chi connectivity index (χ1n) is 9.32. The summed E-state index contributed by atoms with van der Waals surface area (Å²) in [7, 11) is 0. The van der Waals surface area contributed by atoms with Crippen molar-refractivity contribution in [1.29, 1.82) is 0 Å². The zero-order valence-corrected chi connectivity index (χ0v) is 15.1. The summed E-state index contributed by atoms with van der Waals surface area (Å²) < 4.78 is 19.3. The van der Waals surface area contributed by atoms with Gasteiger partial charge in [0.25, 0.3) is 0 Å². The molecule has 0 bridgehead atoms. The second-order valence-electron chi connectivity index (χ2n) is 7.22. The Hall–Kier alpha value is -2.66. The zero-order chi connectivity index (χ0) is 18.7. The number of halogens is 1. The van der Waals surface area contributed by atoms with Crippen LogP contribution in [0.1, 0.15) is 24.0 Å². The highest BCUT2D eigenvalue weighted by molar-refractivity contribution is 5.88. The first-order chi connectivity index (χ1) is 13.2. The summed E-state index contributed by atoms with van der Waals surface area (Å²) in [6.07, 6.45) is 3.74. The minimum absolute atomic E-state index is 0.0259. The molecule has 0 saturated carbocycles. The van der Waals surface area contributed by atoms with Gasteiger partial charge in [-0.15, -0.1) is 0 Å². The lowest BCUT2D eigenvalue weighted by Gasteiger charge is -2.38. The second kappa shape index (κ2) is 7.53. The van der Waals surface area contributed by atoms with E-state index in [1.54, 1.807) is 12.1 Å². The molecule has 1 fully saturated rings. The third kappa shape index (κ3) is 3.74. The molecule has 1 aromatic heterocycles. The van der Waals surface area contributed by atoms with Crippen molar-refractivity contribution in [2.45, 2.75) is 24.7 Å². The Morgan fingerprint density at radius 1 is 1.15 bits per heavy atom. The number of rotatable bonds is 5. The summed E-state index contributed by atoms with van der Waals surface area (Å²) in [4.78, 5) is 15.8. The molecule has 0 unspecified atom stereocenters. The van der Waals surface area contributed by atoms with Crippen LogP contribution >= 0.6 is 0 Å². The maximum atomic E-state index is 13.8. The zero-order valence-electron chi connectivity index (χ0n) is 15.1. The second-order valence-corrected chi connectivity index (χ2v) is 7.22. The van der Waals surface area contributed by atoms with Gasteiger partial charge >= 0.3 is 0 Å². The lowest BCUT2D eigenvalue weighted by atomic mass is 9.74. The number of hydrogen-bond acceptors (Lipinski definition) is 2. The normalized spacial score (nSPS) is 16.3. The highest BCUT2D eigenvalue weighted by Crippen LogP contribution is 2.34. The van der Waals surface area contributed by atoms with Gasteiger partial charge in [-0.3, -0.25) is 4.79 Å². The summed E-state index contributed by atoms with van der Waals surface area (Å²) >= 11 is 0. The van der Waals surface area contributed by atoms with E-state index in [-0.39, 0.29) is 17.1 Å². The fourth-order valence-electron chi connectivity index (χ4n) is 3.93. The molecule has 1 aliphatic heterocycles. The van der Waals surface area contributed by atoms with Gasteiger partial charge in [0.1, 0.15) is 5.82 Å². The van der Waals surface area contributed by atoms with Crippen LogP contribution in [0.15, 0.2) is 54.7 Å². The summed E-state index contributed by atoms with van der Waals surface area (Å²) in [5.41, 5.74) is 2.66. The first kappa shape index (κ1) is 17.7. The van der Waals surface area contributed by atoms with Crippen LogP contribution in [0.2, 0.25) is 0 Å². The maximum absolute atomic E-state index is 13.8. The molecule has 1 aliphatic rings. The SMILES string of the molecule is O=C(Cc1c[nH]c2ccccc12)NCC1(c2cccc(F)c2)CCOCC1. The van der Waals surface area contributed by atoms with E-state index in [1.165, 1.54) is 6.07 Å². The van der Waals surface area contributed by atoms with E-state index in [4.69, 9.17) is 4.74 Å². The largest absolute Gasteiger partial charge is 0.381 e. The number of aromatic nitrogens is 1. The predicted molar refractivity (Wildman–Crippen MR) is 103 cm³/mol. The van der Waals surface area contributed by atoms with Crippen molar-refractivity contribution in [3.63, 3.8) is 0 Å². The van der Waals surface area contributed by atoms with Crippen LogP contribution in [-0.2, 0) is 21.4 Å². The van der Waals surface area contributed by atoms with Crippen molar-refractivity contribution in [2.75, 3.05) is 19.8 Å². The fourth-order valence-corrected chi connectivity index (χ4v) is 3.93. The molecular formula is C22H23FN2O2. The van der Waals surface area contributed by atoms with E-state index >= 15 is 0 Å². The summed E-state index contributed by atoms with van der Waals surface area (Å²) in [5, 5.41) is 4.15. The number of nitrogens with one attached hydrogen (secondary N) is 2. The van der Waals surface area contributed by atoms with Crippen LogP contribution in [0.3, 0.4) is 0 Å². The van der Waals surface area contributed by atoms with Gasteiger partial charge < -0.3 is 15.0 Å². The number of amides is 1. The maximum Gasteiger partial charge on any atom is 0.224 e. The molecule has 0 aliphatic carbocycles. The lowest BCUT2D eigenvalue weighted by molar-refractivity contribution is -0.120. The third-order valence-electron chi connectivity index (χ3n) is 5.54. The molecule has 0 atom stereocenters. The predicted octanol–water partition coefficient (Wildman–Crippen LogP) is 3.71. The van der Waals surface area contributed by atoms with E-state index in [1.807, 2.05) is 36.5 Å². The number of H-pyrrole nitrogens is 1. The molecule has 1 amide bonds. The lowest BCUT2D eigenvalue weighted by Crippen LogP contribution is -2.45. The van der Waals surface area contributed by atoms with Gasteiger partial charge in [0.15, 0.2) is 0 Å².